The van der Waals surface area contributed by atoms with Gasteiger partial charge in [-0.25, -0.2) is 9.97 Å². The van der Waals surface area contributed by atoms with E-state index in [1.54, 1.807) is 0 Å². The molecule has 7 heteroatoms. The summed E-state index contributed by atoms with van der Waals surface area (Å²) < 4.78 is 6.18. The van der Waals surface area contributed by atoms with Gasteiger partial charge in [0.15, 0.2) is 11.6 Å². The molecule has 6 nitrogen and oxygen atoms in total. The number of thiophene rings is 1. The second kappa shape index (κ2) is 9.10. The van der Waals surface area contributed by atoms with Gasteiger partial charge in [0, 0.05) is 25.2 Å². The summed E-state index contributed by atoms with van der Waals surface area (Å²) in [6, 6.07) is 9.94. The number of fused-ring (bicyclic) bond motifs is 1. The third-order valence-corrected chi connectivity index (χ3v) is 6.40. The summed E-state index contributed by atoms with van der Waals surface area (Å²) in [6.45, 7) is 4.88. The van der Waals surface area contributed by atoms with Gasteiger partial charge in [-0.1, -0.05) is 30.3 Å². The molecule has 1 aliphatic heterocycles. The van der Waals surface area contributed by atoms with E-state index < -0.39 is 0 Å². The lowest BCUT2D eigenvalue weighted by Crippen LogP contribution is -2.35. The molecule has 0 atom stereocenters. The molecule has 3 heterocycles. The molecular formula is C23H28N4O2S. The van der Waals surface area contributed by atoms with Crippen LogP contribution in [0.2, 0.25) is 0 Å². The monoisotopic (exact) mass is 424 g/mol. The first-order chi connectivity index (χ1) is 14.5. The summed E-state index contributed by atoms with van der Waals surface area (Å²) >= 11 is 1.43. The number of hydrogen-bond acceptors (Lipinski definition) is 6. The van der Waals surface area contributed by atoms with Crippen molar-refractivity contribution in [1.29, 1.82) is 0 Å². The van der Waals surface area contributed by atoms with Crippen molar-refractivity contribution in [3.63, 3.8) is 0 Å². The fourth-order valence-electron chi connectivity index (χ4n) is 3.70. The Morgan fingerprint density at radius 1 is 1.13 bits per heavy atom. The maximum Gasteiger partial charge on any atom is 0.267 e. The maximum absolute atomic E-state index is 13.4. The molecule has 1 fully saturated rings. The summed E-state index contributed by atoms with van der Waals surface area (Å²) in [7, 11) is 4.02. The Kier molecular flexibility index (Phi) is 6.29. The van der Waals surface area contributed by atoms with Crippen molar-refractivity contribution in [3.8, 4) is 17.1 Å². The molecule has 4 rings (SSSR count). The zero-order chi connectivity index (χ0) is 21.1. The van der Waals surface area contributed by atoms with E-state index in [0.29, 0.717) is 23.1 Å². The highest BCUT2D eigenvalue weighted by Crippen LogP contribution is 2.40. The van der Waals surface area contributed by atoms with Crippen molar-refractivity contribution < 1.29 is 9.53 Å². The number of ether oxygens (including phenoxy) is 1. The number of likely N-dealkylation sites (tertiary alicyclic amines) is 1. The molecule has 3 aromatic rings. The maximum atomic E-state index is 13.4. The van der Waals surface area contributed by atoms with Crippen LogP contribution in [-0.2, 0) is 0 Å². The summed E-state index contributed by atoms with van der Waals surface area (Å²) in [6.07, 6.45) is 3.31. The quantitative estimate of drug-likeness (QED) is 0.593. The van der Waals surface area contributed by atoms with Crippen LogP contribution in [0.25, 0.3) is 21.6 Å². The first-order valence-corrected chi connectivity index (χ1v) is 11.3. The van der Waals surface area contributed by atoms with Crippen LogP contribution in [-0.4, -0.2) is 66.0 Å². The topological polar surface area (TPSA) is 58.6 Å². The predicted molar refractivity (Wildman–Crippen MR) is 121 cm³/mol. The largest absolute Gasteiger partial charge is 0.490 e. The van der Waals surface area contributed by atoms with Gasteiger partial charge in [-0.3, -0.25) is 4.79 Å². The molecule has 0 unspecified atom stereocenters. The van der Waals surface area contributed by atoms with Crippen LogP contribution in [0, 0.1) is 6.92 Å². The number of rotatable bonds is 6. The van der Waals surface area contributed by atoms with Gasteiger partial charge in [0.05, 0.1) is 11.1 Å². The number of aromatic nitrogens is 2. The molecule has 1 amide bonds. The fourth-order valence-corrected chi connectivity index (χ4v) is 4.84. The van der Waals surface area contributed by atoms with Crippen molar-refractivity contribution in [1.82, 2.24) is 19.8 Å². The Morgan fingerprint density at radius 2 is 1.87 bits per heavy atom. The van der Waals surface area contributed by atoms with Crippen LogP contribution in [0.5, 0.6) is 5.75 Å². The molecule has 2 aromatic heterocycles. The average Bonchev–Trinajstić information content (AvgIpc) is 3.13. The lowest BCUT2D eigenvalue weighted by atomic mass is 10.1. The highest BCUT2D eigenvalue weighted by molar-refractivity contribution is 7.21. The average molecular weight is 425 g/mol. The van der Waals surface area contributed by atoms with E-state index in [0.717, 1.165) is 53.9 Å². The van der Waals surface area contributed by atoms with E-state index in [-0.39, 0.29) is 5.91 Å². The second-order valence-electron chi connectivity index (χ2n) is 7.94. The minimum atomic E-state index is 0.0539. The number of piperidine rings is 1. The number of carbonyl (C=O) groups excluding carboxylic acids is 1. The van der Waals surface area contributed by atoms with E-state index >= 15 is 0 Å². The SMILES string of the molecule is Cc1nc(-c2ccccc2)nc2sc(C(=O)N3CCCCC3)c(OCCN(C)C)c12. The summed E-state index contributed by atoms with van der Waals surface area (Å²) in [5, 5.41) is 0.860. The van der Waals surface area contributed by atoms with Crippen LogP contribution in [0.15, 0.2) is 30.3 Å². The third kappa shape index (κ3) is 4.32. The van der Waals surface area contributed by atoms with Crippen LogP contribution in [0.4, 0.5) is 0 Å². The van der Waals surface area contributed by atoms with Crippen LogP contribution >= 0.6 is 11.3 Å². The third-order valence-electron chi connectivity index (χ3n) is 5.34. The van der Waals surface area contributed by atoms with Gasteiger partial charge >= 0.3 is 0 Å². The van der Waals surface area contributed by atoms with E-state index in [4.69, 9.17) is 14.7 Å². The van der Waals surface area contributed by atoms with Crippen molar-refractivity contribution in [2.75, 3.05) is 40.3 Å². The zero-order valence-corrected chi connectivity index (χ0v) is 18.7. The molecular weight excluding hydrogens is 396 g/mol. The number of benzene rings is 1. The molecule has 0 radical (unpaired) electrons. The fraction of sp³-hybridized carbons (Fsp3) is 0.435. The highest BCUT2D eigenvalue weighted by Gasteiger charge is 2.28. The molecule has 1 aliphatic rings. The van der Waals surface area contributed by atoms with Gasteiger partial charge < -0.3 is 14.5 Å². The minimum absolute atomic E-state index is 0.0539. The standard InChI is InChI=1S/C23H28N4O2S/c1-16-18-19(29-15-14-26(2)3)20(23(28)27-12-8-5-9-13-27)30-22(18)25-21(24-16)17-10-6-4-7-11-17/h4,6-7,10-11H,5,8-9,12-15H2,1-3H3. The van der Waals surface area contributed by atoms with E-state index in [2.05, 4.69) is 4.90 Å². The van der Waals surface area contributed by atoms with Crippen molar-refractivity contribution in [3.05, 3.63) is 40.9 Å². The summed E-state index contributed by atoms with van der Waals surface area (Å²) in [5.74, 6) is 1.38. The van der Waals surface area contributed by atoms with Crippen molar-refractivity contribution in [2.45, 2.75) is 26.2 Å². The molecule has 1 aromatic carbocycles. The van der Waals surface area contributed by atoms with E-state index in [9.17, 15) is 4.79 Å². The van der Waals surface area contributed by atoms with Gasteiger partial charge in [-0.05, 0) is 40.3 Å². The van der Waals surface area contributed by atoms with Gasteiger partial charge in [0.1, 0.15) is 16.3 Å². The lowest BCUT2D eigenvalue weighted by molar-refractivity contribution is 0.0725. The summed E-state index contributed by atoms with van der Waals surface area (Å²) in [4.78, 5) is 28.4. The molecule has 0 spiro atoms. The molecule has 0 bridgehead atoms. The van der Waals surface area contributed by atoms with Gasteiger partial charge in [-0.2, -0.15) is 0 Å². The Morgan fingerprint density at radius 3 is 2.57 bits per heavy atom. The van der Waals surface area contributed by atoms with Crippen LogP contribution < -0.4 is 4.74 Å². The first kappa shape index (κ1) is 20.8. The first-order valence-electron chi connectivity index (χ1n) is 10.5. The normalized spacial score (nSPS) is 14.5. The second-order valence-corrected chi connectivity index (χ2v) is 8.94. The minimum Gasteiger partial charge on any atom is -0.490 e. The molecule has 0 aliphatic carbocycles. The molecule has 0 saturated carbocycles. The smallest absolute Gasteiger partial charge is 0.267 e. The van der Waals surface area contributed by atoms with E-state index in [1.807, 2.05) is 56.3 Å². The number of amides is 1. The summed E-state index contributed by atoms with van der Waals surface area (Å²) in [5.41, 5.74) is 1.81. The number of hydrogen-bond donors (Lipinski definition) is 0. The molecule has 1 saturated heterocycles. The van der Waals surface area contributed by atoms with Gasteiger partial charge in [0.25, 0.3) is 5.91 Å². The van der Waals surface area contributed by atoms with Crippen LogP contribution in [0.3, 0.4) is 0 Å². The van der Waals surface area contributed by atoms with Crippen molar-refractivity contribution >= 4 is 27.5 Å². The number of likely N-dealkylation sites (N-methyl/N-ethyl adjacent to an activating group) is 1. The van der Waals surface area contributed by atoms with E-state index in [1.165, 1.54) is 17.8 Å². The highest BCUT2D eigenvalue weighted by atomic mass is 32.1. The Labute approximate surface area is 181 Å². The Hall–Kier alpha value is -2.51. The molecule has 158 valence electrons. The van der Waals surface area contributed by atoms with Gasteiger partial charge in [-0.15, -0.1) is 11.3 Å². The molecule has 0 N–H and O–H groups in total. The van der Waals surface area contributed by atoms with Crippen molar-refractivity contribution in [2.24, 2.45) is 0 Å². The van der Waals surface area contributed by atoms with Gasteiger partial charge in [0.2, 0.25) is 0 Å². The number of carbonyl (C=O) groups is 1. The number of nitrogens with zero attached hydrogens (tertiary/aromatic N) is 4. The van der Waals surface area contributed by atoms with Crippen LogP contribution in [0.1, 0.15) is 34.6 Å². The zero-order valence-electron chi connectivity index (χ0n) is 17.9. The Balaban J connectivity index is 1.77. The Bertz CT molecular complexity index is 1030. The number of aryl methyl sites for hydroxylation is 1. The predicted octanol–water partition coefficient (Wildman–Crippen LogP) is 4.23. The molecule has 30 heavy (non-hydrogen) atoms. The lowest BCUT2D eigenvalue weighted by Gasteiger charge is -2.26.